The lowest BCUT2D eigenvalue weighted by Crippen LogP contribution is -2.33. The molecule has 21 heavy (non-hydrogen) atoms. The summed E-state index contributed by atoms with van der Waals surface area (Å²) in [6.07, 6.45) is 3.50. The molecule has 0 bridgehead atoms. The Morgan fingerprint density at radius 3 is 2.71 bits per heavy atom. The summed E-state index contributed by atoms with van der Waals surface area (Å²) in [6, 6.07) is 5.30. The van der Waals surface area contributed by atoms with Crippen LogP contribution in [0.4, 0.5) is 0 Å². The van der Waals surface area contributed by atoms with Gasteiger partial charge in [-0.25, -0.2) is 0 Å². The second-order valence-corrected chi connectivity index (χ2v) is 5.44. The van der Waals surface area contributed by atoms with Gasteiger partial charge in [0.2, 0.25) is 0 Å². The van der Waals surface area contributed by atoms with Gasteiger partial charge in [-0.05, 0) is 43.4 Å². The third-order valence-corrected chi connectivity index (χ3v) is 4.29. The molecule has 1 fully saturated rings. The molecule has 2 atom stereocenters. The van der Waals surface area contributed by atoms with E-state index in [1.165, 1.54) is 20.0 Å². The molecule has 3 N–H and O–H groups in total. The van der Waals surface area contributed by atoms with Crippen LogP contribution in [0.2, 0.25) is 0 Å². The topological polar surface area (TPSA) is 73.6 Å². The van der Waals surface area contributed by atoms with Crippen LogP contribution in [-0.2, 0) is 0 Å². The molecule has 1 aliphatic rings. The molecule has 0 aliphatic heterocycles. The molecule has 5 nitrogen and oxygen atoms in total. The highest BCUT2D eigenvalue weighted by atomic mass is 16.5. The molecule has 1 amide bonds. The van der Waals surface area contributed by atoms with Gasteiger partial charge in [0.05, 0.1) is 19.8 Å². The largest absolute Gasteiger partial charge is 0.493 e. The Morgan fingerprint density at radius 1 is 1.29 bits per heavy atom. The number of rotatable bonds is 6. The molecule has 2 unspecified atom stereocenters. The number of ether oxygens (including phenoxy) is 2. The predicted molar refractivity (Wildman–Crippen MR) is 81.8 cm³/mol. The van der Waals surface area contributed by atoms with Crippen LogP contribution in [0.3, 0.4) is 0 Å². The maximum Gasteiger partial charge on any atom is 0.255 e. The van der Waals surface area contributed by atoms with Crippen LogP contribution in [-0.4, -0.2) is 33.2 Å². The van der Waals surface area contributed by atoms with Crippen molar-refractivity contribution in [2.45, 2.75) is 19.3 Å². The zero-order chi connectivity index (χ0) is 15.2. The fraction of sp³-hybridized carbons (Fsp3) is 0.562. The first-order valence-corrected chi connectivity index (χ1v) is 7.40. The fourth-order valence-electron chi connectivity index (χ4n) is 3.08. The lowest BCUT2D eigenvalue weighted by molar-refractivity contribution is 0.0940. The highest BCUT2D eigenvalue weighted by Crippen LogP contribution is 2.32. The third kappa shape index (κ3) is 3.47. The number of hydrogen-bond donors (Lipinski definition) is 2. The van der Waals surface area contributed by atoms with Gasteiger partial charge in [-0.15, -0.1) is 0 Å². The average Bonchev–Trinajstić information content (AvgIpc) is 2.99. The minimum Gasteiger partial charge on any atom is -0.493 e. The number of hydrogen-bond acceptors (Lipinski definition) is 4. The first-order chi connectivity index (χ1) is 10.2. The molecule has 0 aromatic heterocycles. The number of carbonyl (C=O) groups excluding carboxylic acids is 1. The number of nitrogens with two attached hydrogens (primary N) is 1. The molecular weight excluding hydrogens is 268 g/mol. The summed E-state index contributed by atoms with van der Waals surface area (Å²) < 4.78 is 10.5. The molecule has 0 saturated heterocycles. The fourth-order valence-corrected chi connectivity index (χ4v) is 3.08. The lowest BCUT2D eigenvalue weighted by atomic mass is 9.96. The monoisotopic (exact) mass is 292 g/mol. The highest BCUT2D eigenvalue weighted by Gasteiger charge is 2.26. The van der Waals surface area contributed by atoms with E-state index in [1.54, 1.807) is 25.3 Å². The van der Waals surface area contributed by atoms with Crippen LogP contribution in [0.1, 0.15) is 29.6 Å². The lowest BCUT2D eigenvalue weighted by Gasteiger charge is -2.19. The van der Waals surface area contributed by atoms with Gasteiger partial charge in [0, 0.05) is 6.54 Å². The van der Waals surface area contributed by atoms with Crippen molar-refractivity contribution in [1.82, 2.24) is 5.32 Å². The van der Waals surface area contributed by atoms with Crippen LogP contribution in [0, 0.1) is 11.8 Å². The molecule has 116 valence electrons. The van der Waals surface area contributed by atoms with Gasteiger partial charge in [0.1, 0.15) is 0 Å². The highest BCUT2D eigenvalue weighted by molar-refractivity contribution is 5.97. The van der Waals surface area contributed by atoms with Crippen molar-refractivity contribution in [3.8, 4) is 11.5 Å². The summed E-state index contributed by atoms with van der Waals surface area (Å²) in [7, 11) is 3.10. The number of nitrogens with one attached hydrogen (secondary N) is 1. The van der Waals surface area contributed by atoms with E-state index in [2.05, 4.69) is 5.32 Å². The summed E-state index contributed by atoms with van der Waals surface area (Å²) in [5, 5.41) is 3.00. The predicted octanol–water partition coefficient (Wildman–Crippen LogP) is 1.81. The van der Waals surface area contributed by atoms with E-state index in [4.69, 9.17) is 15.2 Å². The van der Waals surface area contributed by atoms with Gasteiger partial charge in [0.25, 0.3) is 5.91 Å². The van der Waals surface area contributed by atoms with Crippen LogP contribution in [0.5, 0.6) is 11.5 Å². The van der Waals surface area contributed by atoms with Gasteiger partial charge in [0.15, 0.2) is 11.5 Å². The minimum atomic E-state index is -0.131. The van der Waals surface area contributed by atoms with Crippen molar-refractivity contribution in [3.63, 3.8) is 0 Å². The van der Waals surface area contributed by atoms with Crippen molar-refractivity contribution in [2.24, 2.45) is 17.6 Å². The van der Waals surface area contributed by atoms with E-state index >= 15 is 0 Å². The number of methoxy groups -OCH3 is 2. The smallest absolute Gasteiger partial charge is 0.255 e. The van der Waals surface area contributed by atoms with E-state index in [0.29, 0.717) is 42.0 Å². The van der Waals surface area contributed by atoms with Crippen LogP contribution in [0.15, 0.2) is 18.2 Å². The maximum atomic E-state index is 12.4. The molecule has 1 saturated carbocycles. The molecule has 1 aromatic rings. The number of amides is 1. The van der Waals surface area contributed by atoms with E-state index in [0.717, 1.165) is 6.42 Å². The van der Waals surface area contributed by atoms with Crippen molar-refractivity contribution < 1.29 is 14.3 Å². The van der Waals surface area contributed by atoms with Gasteiger partial charge in [-0.3, -0.25) is 4.79 Å². The molecule has 0 radical (unpaired) electrons. The Labute approximate surface area is 125 Å². The van der Waals surface area contributed by atoms with E-state index < -0.39 is 0 Å². The molecule has 0 heterocycles. The summed E-state index contributed by atoms with van der Waals surface area (Å²) in [4.78, 5) is 12.4. The molecule has 5 heteroatoms. The zero-order valence-electron chi connectivity index (χ0n) is 12.7. The number of benzene rings is 1. The van der Waals surface area contributed by atoms with E-state index in [9.17, 15) is 4.79 Å². The molecular formula is C16H24N2O3. The molecule has 2 rings (SSSR count). The first-order valence-electron chi connectivity index (χ1n) is 7.40. The average molecular weight is 292 g/mol. The van der Waals surface area contributed by atoms with Gasteiger partial charge >= 0.3 is 0 Å². The molecule has 0 spiro atoms. The van der Waals surface area contributed by atoms with Gasteiger partial charge in [-0.1, -0.05) is 12.5 Å². The maximum absolute atomic E-state index is 12.4. The van der Waals surface area contributed by atoms with E-state index in [-0.39, 0.29) is 5.91 Å². The van der Waals surface area contributed by atoms with Gasteiger partial charge < -0.3 is 20.5 Å². The zero-order valence-corrected chi connectivity index (χ0v) is 12.7. The number of para-hydroxylation sites is 1. The minimum absolute atomic E-state index is 0.131. The standard InChI is InChI=1S/C16H24N2O3/c1-20-14-8-4-7-13(15(14)21-2)16(19)18-10-12-6-3-5-11(12)9-17/h4,7-8,11-12H,3,5-6,9-10,17H2,1-2H3,(H,18,19). The first kappa shape index (κ1) is 15.6. The Balaban J connectivity index is 2.03. The normalized spacial score (nSPS) is 21.1. The van der Waals surface area contributed by atoms with Gasteiger partial charge in [-0.2, -0.15) is 0 Å². The quantitative estimate of drug-likeness (QED) is 0.838. The summed E-state index contributed by atoms with van der Waals surface area (Å²) in [5.41, 5.74) is 6.28. The Kier molecular flexibility index (Phi) is 5.44. The molecule has 1 aliphatic carbocycles. The Bertz CT molecular complexity index is 490. The molecule has 1 aromatic carbocycles. The van der Waals surface area contributed by atoms with Crippen molar-refractivity contribution in [2.75, 3.05) is 27.3 Å². The second kappa shape index (κ2) is 7.31. The summed E-state index contributed by atoms with van der Waals surface area (Å²) in [6.45, 7) is 1.37. The number of carbonyl (C=O) groups is 1. The van der Waals surface area contributed by atoms with Crippen molar-refractivity contribution >= 4 is 5.91 Å². The van der Waals surface area contributed by atoms with Crippen LogP contribution < -0.4 is 20.5 Å². The van der Waals surface area contributed by atoms with Crippen LogP contribution >= 0.6 is 0 Å². The Morgan fingerprint density at radius 2 is 2.05 bits per heavy atom. The summed E-state index contributed by atoms with van der Waals surface area (Å²) >= 11 is 0. The summed E-state index contributed by atoms with van der Waals surface area (Å²) in [5.74, 6) is 1.91. The Hall–Kier alpha value is -1.75. The third-order valence-electron chi connectivity index (χ3n) is 4.29. The SMILES string of the molecule is COc1cccc(C(=O)NCC2CCCC2CN)c1OC. The van der Waals surface area contributed by atoms with Crippen LogP contribution in [0.25, 0.3) is 0 Å². The van der Waals surface area contributed by atoms with Crippen molar-refractivity contribution in [3.05, 3.63) is 23.8 Å². The van der Waals surface area contributed by atoms with E-state index in [1.807, 2.05) is 0 Å². The second-order valence-electron chi connectivity index (χ2n) is 5.44. The van der Waals surface area contributed by atoms with Crippen molar-refractivity contribution in [1.29, 1.82) is 0 Å².